The van der Waals surface area contributed by atoms with Crippen LogP contribution < -0.4 is 15.6 Å². The van der Waals surface area contributed by atoms with E-state index in [1.54, 1.807) is 23.0 Å². The lowest BCUT2D eigenvalue weighted by Crippen LogP contribution is -2.32. The van der Waals surface area contributed by atoms with Crippen molar-refractivity contribution < 1.29 is 9.53 Å². The van der Waals surface area contributed by atoms with Gasteiger partial charge in [0.05, 0.1) is 24.2 Å². The van der Waals surface area contributed by atoms with Gasteiger partial charge in [-0.15, -0.1) is 11.3 Å². The molecule has 0 saturated carbocycles. The first kappa shape index (κ1) is 22.7. The van der Waals surface area contributed by atoms with Crippen LogP contribution in [0.25, 0.3) is 16.7 Å². The van der Waals surface area contributed by atoms with Crippen LogP contribution in [0.5, 0.6) is 5.75 Å². The van der Waals surface area contributed by atoms with E-state index in [-0.39, 0.29) is 36.3 Å². The van der Waals surface area contributed by atoms with Crippen LogP contribution in [0.3, 0.4) is 0 Å². The van der Waals surface area contributed by atoms with E-state index < -0.39 is 0 Å². The fraction of sp³-hybridized carbons (Fsp3) is 0.269. The number of amides is 1. The number of nitrogens with one attached hydrogen (secondary N) is 1. The molecular weight excluding hydrogens is 434 g/mol. The van der Waals surface area contributed by atoms with E-state index in [1.807, 2.05) is 66.0 Å². The summed E-state index contributed by atoms with van der Waals surface area (Å²) in [7, 11) is 1.61. The number of carbonyl (C=O) groups excluding carboxylic acids is 1. The minimum atomic E-state index is -0.217. The molecular formula is C26H27N3O3S. The molecule has 0 fully saturated rings. The quantitative estimate of drug-likeness (QED) is 0.405. The van der Waals surface area contributed by atoms with Crippen LogP contribution in [0, 0.1) is 5.92 Å². The maximum atomic E-state index is 13.4. The van der Waals surface area contributed by atoms with E-state index in [2.05, 4.69) is 24.1 Å². The van der Waals surface area contributed by atoms with E-state index in [9.17, 15) is 9.59 Å². The van der Waals surface area contributed by atoms with Crippen LogP contribution in [0.15, 0.2) is 70.8 Å². The van der Waals surface area contributed by atoms with Gasteiger partial charge in [-0.05, 0) is 53.8 Å². The highest BCUT2D eigenvalue weighted by molar-refractivity contribution is 7.10. The third kappa shape index (κ3) is 4.98. The average molecular weight is 462 g/mol. The first-order valence-corrected chi connectivity index (χ1v) is 11.8. The minimum absolute atomic E-state index is 0.0435. The average Bonchev–Trinajstić information content (AvgIpc) is 3.36. The molecule has 33 heavy (non-hydrogen) atoms. The normalized spacial score (nSPS) is 12.1. The number of aryl methyl sites for hydroxylation is 1. The topological polar surface area (TPSA) is 73.2 Å². The third-order valence-electron chi connectivity index (χ3n) is 5.58. The Bertz CT molecular complexity index is 1290. The predicted octanol–water partition coefficient (Wildman–Crippen LogP) is 4.90. The van der Waals surface area contributed by atoms with E-state index in [0.29, 0.717) is 17.0 Å². The molecule has 7 heteroatoms. The molecule has 0 aliphatic carbocycles. The van der Waals surface area contributed by atoms with Crippen molar-refractivity contribution in [1.29, 1.82) is 0 Å². The zero-order valence-electron chi connectivity index (χ0n) is 18.9. The zero-order valence-corrected chi connectivity index (χ0v) is 19.8. The summed E-state index contributed by atoms with van der Waals surface area (Å²) in [6.45, 7) is 4.17. The molecule has 6 nitrogen and oxygen atoms in total. The largest absolute Gasteiger partial charge is 0.497 e. The van der Waals surface area contributed by atoms with E-state index in [1.165, 1.54) is 0 Å². The van der Waals surface area contributed by atoms with Crippen molar-refractivity contribution in [3.8, 4) is 11.4 Å². The maximum Gasteiger partial charge on any atom is 0.277 e. The Morgan fingerprint density at radius 1 is 1.09 bits per heavy atom. The van der Waals surface area contributed by atoms with Gasteiger partial charge in [0.1, 0.15) is 11.4 Å². The number of para-hydroxylation sites is 2. The molecule has 0 aliphatic heterocycles. The molecule has 1 N–H and O–H groups in total. The van der Waals surface area contributed by atoms with Gasteiger partial charge in [-0.1, -0.05) is 32.0 Å². The number of nitrogens with zero attached hydrogens (tertiary/aromatic N) is 2. The van der Waals surface area contributed by atoms with E-state index >= 15 is 0 Å². The summed E-state index contributed by atoms with van der Waals surface area (Å²) in [6, 6.07) is 18.8. The van der Waals surface area contributed by atoms with Crippen LogP contribution in [0.4, 0.5) is 0 Å². The molecule has 4 aromatic rings. The predicted molar refractivity (Wildman–Crippen MR) is 132 cm³/mol. The van der Waals surface area contributed by atoms with Crippen molar-refractivity contribution in [1.82, 2.24) is 14.9 Å². The van der Waals surface area contributed by atoms with E-state index in [0.717, 1.165) is 16.1 Å². The van der Waals surface area contributed by atoms with Crippen molar-refractivity contribution in [3.05, 3.63) is 87.0 Å². The Labute approximate surface area is 196 Å². The van der Waals surface area contributed by atoms with Crippen LogP contribution in [0.1, 0.15) is 36.9 Å². The van der Waals surface area contributed by atoms with Crippen LogP contribution in [-0.2, 0) is 11.2 Å². The minimum Gasteiger partial charge on any atom is -0.497 e. The summed E-state index contributed by atoms with van der Waals surface area (Å²) < 4.78 is 6.89. The fourth-order valence-corrected chi connectivity index (χ4v) is 4.79. The Morgan fingerprint density at radius 3 is 2.52 bits per heavy atom. The van der Waals surface area contributed by atoms with Gasteiger partial charge in [-0.2, -0.15) is 0 Å². The maximum absolute atomic E-state index is 13.4. The number of ether oxygens (including phenoxy) is 1. The van der Waals surface area contributed by atoms with Crippen LogP contribution in [0.2, 0.25) is 0 Å². The lowest BCUT2D eigenvalue weighted by molar-refractivity contribution is -0.122. The molecule has 2 heterocycles. The van der Waals surface area contributed by atoms with Gasteiger partial charge in [0.15, 0.2) is 0 Å². The van der Waals surface area contributed by atoms with Crippen molar-refractivity contribution in [3.63, 3.8) is 0 Å². The summed E-state index contributed by atoms with van der Waals surface area (Å²) in [5.74, 6) is 0.888. The van der Waals surface area contributed by atoms with Crippen molar-refractivity contribution in [2.75, 3.05) is 7.11 Å². The highest BCUT2D eigenvalue weighted by Gasteiger charge is 2.20. The van der Waals surface area contributed by atoms with Crippen LogP contribution >= 0.6 is 11.3 Å². The highest BCUT2D eigenvalue weighted by atomic mass is 32.1. The second-order valence-electron chi connectivity index (χ2n) is 8.19. The molecule has 0 radical (unpaired) electrons. The van der Waals surface area contributed by atoms with Crippen molar-refractivity contribution >= 4 is 28.3 Å². The van der Waals surface area contributed by atoms with Gasteiger partial charge in [0.25, 0.3) is 5.56 Å². The Morgan fingerprint density at radius 2 is 1.85 bits per heavy atom. The highest BCUT2D eigenvalue weighted by Crippen LogP contribution is 2.26. The molecule has 0 saturated heterocycles. The van der Waals surface area contributed by atoms with Gasteiger partial charge >= 0.3 is 0 Å². The van der Waals surface area contributed by atoms with Crippen molar-refractivity contribution in [2.24, 2.45) is 5.92 Å². The number of hydrogen-bond acceptors (Lipinski definition) is 5. The van der Waals surface area contributed by atoms with E-state index in [4.69, 9.17) is 4.74 Å². The Kier molecular flexibility index (Phi) is 6.89. The van der Waals surface area contributed by atoms with Crippen LogP contribution in [-0.4, -0.2) is 22.6 Å². The number of carbonyl (C=O) groups is 1. The number of methoxy groups -OCH3 is 1. The summed E-state index contributed by atoms with van der Waals surface area (Å²) in [4.78, 5) is 31.9. The Hall–Kier alpha value is -3.45. The fourth-order valence-electron chi connectivity index (χ4n) is 3.84. The standard InChI is InChI=1S/C26H27N3O3S/c1-17(2)25(23-9-6-16-33-23)28-24(30)15-14-21-26(31)29(18-10-12-19(32-3)13-11-18)22-8-5-4-7-20(22)27-21/h4-13,16-17,25H,14-15H2,1-3H3,(H,28,30)/t25-/m0/s1. The molecule has 2 aromatic heterocycles. The second-order valence-corrected chi connectivity index (χ2v) is 9.17. The van der Waals surface area contributed by atoms with Gasteiger partial charge in [-0.3, -0.25) is 14.2 Å². The molecule has 0 bridgehead atoms. The summed E-state index contributed by atoms with van der Waals surface area (Å²) in [5.41, 5.74) is 2.31. The lowest BCUT2D eigenvalue weighted by atomic mass is 10.0. The lowest BCUT2D eigenvalue weighted by Gasteiger charge is -2.21. The summed E-state index contributed by atoms with van der Waals surface area (Å²) in [5, 5.41) is 5.14. The third-order valence-corrected chi connectivity index (χ3v) is 6.54. The van der Waals surface area contributed by atoms with Gasteiger partial charge in [-0.25, -0.2) is 4.98 Å². The van der Waals surface area contributed by atoms with Gasteiger partial charge in [0, 0.05) is 23.4 Å². The SMILES string of the molecule is COc1ccc(-n2c(=O)c(CCC(=O)N[C@H](c3cccs3)C(C)C)nc3ccccc32)cc1. The number of benzene rings is 2. The number of fused-ring (bicyclic) bond motifs is 1. The first-order chi connectivity index (χ1) is 16.0. The molecule has 0 spiro atoms. The molecule has 4 rings (SSSR count). The molecule has 2 aromatic carbocycles. The number of aromatic nitrogens is 2. The second kappa shape index (κ2) is 10.0. The zero-order chi connectivity index (χ0) is 23.4. The number of hydrogen-bond donors (Lipinski definition) is 1. The monoisotopic (exact) mass is 461 g/mol. The molecule has 1 atom stereocenters. The van der Waals surface area contributed by atoms with Gasteiger partial charge in [0.2, 0.25) is 5.91 Å². The number of rotatable bonds is 8. The van der Waals surface area contributed by atoms with Gasteiger partial charge < -0.3 is 10.1 Å². The molecule has 0 unspecified atom stereocenters. The summed E-state index contributed by atoms with van der Waals surface area (Å²) in [6.07, 6.45) is 0.457. The smallest absolute Gasteiger partial charge is 0.277 e. The molecule has 170 valence electrons. The Balaban J connectivity index is 1.61. The summed E-state index contributed by atoms with van der Waals surface area (Å²) >= 11 is 1.63. The van der Waals surface area contributed by atoms with Crippen molar-refractivity contribution in [2.45, 2.75) is 32.7 Å². The molecule has 0 aliphatic rings. The molecule has 1 amide bonds. The first-order valence-electron chi connectivity index (χ1n) is 11.0. The number of thiophene rings is 1.